The Morgan fingerprint density at radius 1 is 1.18 bits per heavy atom. The Morgan fingerprint density at radius 3 is 2.32 bits per heavy atom. The molecule has 0 aliphatic heterocycles. The minimum absolute atomic E-state index is 0.241. The van der Waals surface area contributed by atoms with Crippen molar-refractivity contribution in [2.75, 3.05) is 0 Å². The lowest BCUT2D eigenvalue weighted by Crippen LogP contribution is -2.29. The van der Waals surface area contributed by atoms with Crippen LogP contribution < -0.4 is 4.72 Å². The van der Waals surface area contributed by atoms with Crippen molar-refractivity contribution in [2.45, 2.75) is 51.6 Å². The van der Waals surface area contributed by atoms with E-state index in [0.29, 0.717) is 29.2 Å². The highest BCUT2D eigenvalue weighted by molar-refractivity contribution is 7.89. The van der Waals surface area contributed by atoms with Gasteiger partial charge in [0.1, 0.15) is 4.90 Å². The molecule has 0 unspecified atom stereocenters. The molecular formula is C16H23N3O2S. The van der Waals surface area contributed by atoms with Crippen LogP contribution in [0, 0.1) is 13.8 Å². The molecule has 1 atom stereocenters. The molecule has 2 rings (SSSR count). The van der Waals surface area contributed by atoms with E-state index < -0.39 is 10.0 Å². The number of sulfonamides is 1. The fourth-order valence-corrected chi connectivity index (χ4v) is 4.42. The van der Waals surface area contributed by atoms with Gasteiger partial charge >= 0.3 is 0 Å². The zero-order valence-corrected chi connectivity index (χ0v) is 14.3. The van der Waals surface area contributed by atoms with Gasteiger partial charge in [0.25, 0.3) is 0 Å². The highest BCUT2D eigenvalue weighted by Crippen LogP contribution is 2.24. The van der Waals surface area contributed by atoms with Gasteiger partial charge in [0.05, 0.1) is 11.4 Å². The molecule has 0 aliphatic carbocycles. The first-order chi connectivity index (χ1) is 10.4. The summed E-state index contributed by atoms with van der Waals surface area (Å²) in [5.74, 6) is 0. The third kappa shape index (κ3) is 3.23. The standard InChI is InChI=1S/C16H23N3O2S/c1-5-15(14-10-8-7-9-11-14)18-22(20,21)16-12(3)17-19(6-2)13(16)4/h7-11,15,18H,5-6H2,1-4H3/t15-/m1/s1. The predicted molar refractivity (Wildman–Crippen MR) is 87.2 cm³/mol. The molecule has 0 fully saturated rings. The summed E-state index contributed by atoms with van der Waals surface area (Å²) in [7, 11) is -3.60. The van der Waals surface area contributed by atoms with Crippen molar-refractivity contribution >= 4 is 10.0 Å². The van der Waals surface area contributed by atoms with Crippen molar-refractivity contribution in [1.82, 2.24) is 14.5 Å². The van der Waals surface area contributed by atoms with Crippen LogP contribution in [-0.2, 0) is 16.6 Å². The zero-order valence-electron chi connectivity index (χ0n) is 13.5. The molecule has 5 nitrogen and oxygen atoms in total. The average Bonchev–Trinajstić information content (AvgIpc) is 2.80. The first-order valence-corrected chi connectivity index (χ1v) is 9.00. The number of rotatable bonds is 6. The second-order valence-corrected chi connectivity index (χ2v) is 6.96. The third-order valence-electron chi connectivity index (χ3n) is 3.79. The maximum Gasteiger partial charge on any atom is 0.244 e. The number of hydrogen-bond acceptors (Lipinski definition) is 3. The summed E-state index contributed by atoms with van der Waals surface area (Å²) in [6.07, 6.45) is 0.684. The van der Waals surface area contributed by atoms with Crippen molar-refractivity contribution in [3.63, 3.8) is 0 Å². The number of hydrogen-bond donors (Lipinski definition) is 1. The molecule has 0 saturated carbocycles. The van der Waals surface area contributed by atoms with Gasteiger partial charge in [0.15, 0.2) is 0 Å². The molecule has 6 heteroatoms. The predicted octanol–water partition coefficient (Wildman–Crippen LogP) is 2.95. The molecule has 0 radical (unpaired) electrons. The normalized spacial score (nSPS) is 13.3. The molecular weight excluding hydrogens is 298 g/mol. The molecule has 0 saturated heterocycles. The van der Waals surface area contributed by atoms with Crippen LogP contribution in [0.1, 0.15) is 43.3 Å². The first-order valence-electron chi connectivity index (χ1n) is 7.52. The van der Waals surface area contributed by atoms with E-state index in [9.17, 15) is 8.42 Å². The second-order valence-electron chi connectivity index (χ2n) is 5.31. The van der Waals surface area contributed by atoms with Gasteiger partial charge in [-0.2, -0.15) is 5.10 Å². The van der Waals surface area contributed by atoms with E-state index in [4.69, 9.17) is 0 Å². The quantitative estimate of drug-likeness (QED) is 0.889. The minimum atomic E-state index is -3.60. The Bertz CT molecular complexity index is 736. The van der Waals surface area contributed by atoms with Crippen LogP contribution in [0.4, 0.5) is 0 Å². The third-order valence-corrected chi connectivity index (χ3v) is 5.51. The van der Waals surface area contributed by atoms with E-state index in [0.717, 1.165) is 5.56 Å². The van der Waals surface area contributed by atoms with Crippen molar-refractivity contribution in [3.8, 4) is 0 Å². The Labute approximate surface area is 132 Å². The summed E-state index contributed by atoms with van der Waals surface area (Å²) in [6, 6.07) is 9.38. The van der Waals surface area contributed by atoms with Gasteiger partial charge in [0.2, 0.25) is 10.0 Å². The molecule has 120 valence electrons. The summed E-state index contributed by atoms with van der Waals surface area (Å²) < 4.78 is 30.1. The van der Waals surface area contributed by atoms with Gasteiger partial charge in [-0.05, 0) is 32.8 Å². The lowest BCUT2D eigenvalue weighted by molar-refractivity contribution is 0.548. The summed E-state index contributed by atoms with van der Waals surface area (Å²) in [6.45, 7) is 8.09. The molecule has 2 aromatic rings. The van der Waals surface area contributed by atoms with E-state index in [-0.39, 0.29) is 6.04 Å². The fourth-order valence-electron chi connectivity index (χ4n) is 2.70. The number of nitrogens with zero attached hydrogens (tertiary/aromatic N) is 2. The molecule has 1 aromatic heterocycles. The van der Waals surface area contributed by atoms with Crippen molar-refractivity contribution in [3.05, 3.63) is 47.3 Å². The molecule has 1 heterocycles. The van der Waals surface area contributed by atoms with Gasteiger partial charge in [0, 0.05) is 12.6 Å². The zero-order chi connectivity index (χ0) is 16.3. The van der Waals surface area contributed by atoms with E-state index in [1.54, 1.807) is 18.5 Å². The van der Waals surface area contributed by atoms with Crippen LogP contribution in [0.15, 0.2) is 35.2 Å². The van der Waals surface area contributed by atoms with Crippen LogP contribution in [-0.4, -0.2) is 18.2 Å². The van der Waals surface area contributed by atoms with Gasteiger partial charge in [-0.3, -0.25) is 4.68 Å². The lowest BCUT2D eigenvalue weighted by Gasteiger charge is -2.17. The number of nitrogens with one attached hydrogen (secondary N) is 1. The fraction of sp³-hybridized carbons (Fsp3) is 0.438. The smallest absolute Gasteiger partial charge is 0.244 e. The van der Waals surface area contributed by atoms with Crippen LogP contribution in [0.2, 0.25) is 0 Å². The topological polar surface area (TPSA) is 64.0 Å². The van der Waals surface area contributed by atoms with Crippen molar-refractivity contribution < 1.29 is 8.42 Å². The second kappa shape index (κ2) is 6.62. The molecule has 0 spiro atoms. The number of aryl methyl sites for hydroxylation is 2. The molecule has 22 heavy (non-hydrogen) atoms. The Kier molecular flexibility index (Phi) is 5.03. The van der Waals surface area contributed by atoms with Crippen LogP contribution in [0.25, 0.3) is 0 Å². The van der Waals surface area contributed by atoms with E-state index in [1.807, 2.05) is 44.2 Å². The highest BCUT2D eigenvalue weighted by Gasteiger charge is 2.27. The summed E-state index contributed by atoms with van der Waals surface area (Å²) in [5, 5.41) is 4.30. The summed E-state index contributed by atoms with van der Waals surface area (Å²) in [5.41, 5.74) is 2.18. The summed E-state index contributed by atoms with van der Waals surface area (Å²) in [4.78, 5) is 0.295. The lowest BCUT2D eigenvalue weighted by atomic mass is 10.1. The average molecular weight is 321 g/mol. The van der Waals surface area contributed by atoms with E-state index in [2.05, 4.69) is 9.82 Å². The molecule has 0 aliphatic rings. The van der Waals surface area contributed by atoms with Gasteiger partial charge < -0.3 is 0 Å². The SMILES string of the molecule is CC[C@@H](NS(=O)(=O)c1c(C)nn(CC)c1C)c1ccccc1. The van der Waals surface area contributed by atoms with Crippen LogP contribution in [0.3, 0.4) is 0 Å². The van der Waals surface area contributed by atoms with Gasteiger partial charge in [-0.1, -0.05) is 37.3 Å². The monoisotopic (exact) mass is 321 g/mol. The maximum atomic E-state index is 12.8. The molecule has 0 amide bonds. The summed E-state index contributed by atoms with van der Waals surface area (Å²) >= 11 is 0. The van der Waals surface area contributed by atoms with Gasteiger partial charge in [-0.15, -0.1) is 0 Å². The van der Waals surface area contributed by atoms with Crippen LogP contribution in [0.5, 0.6) is 0 Å². The highest BCUT2D eigenvalue weighted by atomic mass is 32.2. The molecule has 0 bridgehead atoms. The maximum absolute atomic E-state index is 12.8. The van der Waals surface area contributed by atoms with Crippen molar-refractivity contribution in [2.24, 2.45) is 0 Å². The van der Waals surface area contributed by atoms with Crippen molar-refractivity contribution in [1.29, 1.82) is 0 Å². The van der Waals surface area contributed by atoms with E-state index in [1.165, 1.54) is 0 Å². The van der Waals surface area contributed by atoms with E-state index >= 15 is 0 Å². The number of aromatic nitrogens is 2. The Hall–Kier alpha value is -1.66. The molecule has 1 aromatic carbocycles. The Balaban J connectivity index is 2.37. The first kappa shape index (κ1) is 16.7. The van der Waals surface area contributed by atoms with Crippen LogP contribution >= 0.6 is 0 Å². The number of benzene rings is 1. The minimum Gasteiger partial charge on any atom is -0.268 e. The Morgan fingerprint density at radius 2 is 1.82 bits per heavy atom. The molecule has 1 N–H and O–H groups in total. The largest absolute Gasteiger partial charge is 0.268 e. The van der Waals surface area contributed by atoms with Gasteiger partial charge in [-0.25, -0.2) is 13.1 Å².